The number of hydrogen-bond acceptors (Lipinski definition) is 3. The second kappa shape index (κ2) is 8.85. The molecule has 1 fully saturated rings. The highest BCUT2D eigenvalue weighted by molar-refractivity contribution is 6.30. The van der Waals surface area contributed by atoms with E-state index in [0.29, 0.717) is 42.5 Å². The van der Waals surface area contributed by atoms with Crippen molar-refractivity contribution in [2.45, 2.75) is 12.5 Å². The zero-order chi connectivity index (χ0) is 13.1. The summed E-state index contributed by atoms with van der Waals surface area (Å²) in [4.78, 5) is 1.75. The topological polar surface area (TPSA) is 41.3 Å². The van der Waals surface area contributed by atoms with Gasteiger partial charge in [0.15, 0.2) is 0 Å². The second-order valence-electron chi connectivity index (χ2n) is 4.34. The number of piperazine rings is 1. The summed E-state index contributed by atoms with van der Waals surface area (Å²) in [5.74, 6) is 0. The predicted molar refractivity (Wildman–Crippen MR) is 83.5 cm³/mol. The van der Waals surface area contributed by atoms with Gasteiger partial charge in [-0.15, -0.1) is 24.8 Å². The molecule has 1 saturated heterocycles. The van der Waals surface area contributed by atoms with Crippen LogP contribution in [0.2, 0.25) is 5.02 Å². The van der Waals surface area contributed by atoms with E-state index in [1.807, 2.05) is 0 Å². The van der Waals surface area contributed by atoms with E-state index >= 15 is 0 Å². The molecule has 20 heavy (non-hydrogen) atoms. The SMILES string of the molecule is Cl.Cl.Nc1ccc(Cl)cc1[C@@H](C(F)F)N1CCNCC1. The van der Waals surface area contributed by atoms with Crippen molar-refractivity contribution in [3.05, 3.63) is 28.8 Å². The molecule has 1 aromatic rings. The minimum atomic E-state index is -2.48. The van der Waals surface area contributed by atoms with Crippen molar-refractivity contribution in [2.75, 3.05) is 31.9 Å². The molecular weight excluding hydrogens is 331 g/mol. The number of nitrogens with zero attached hydrogens (tertiary/aromatic N) is 1. The van der Waals surface area contributed by atoms with Gasteiger partial charge in [-0.25, -0.2) is 8.78 Å². The molecule has 0 bridgehead atoms. The number of alkyl halides is 2. The predicted octanol–water partition coefficient (Wildman–Crippen LogP) is 2.98. The van der Waals surface area contributed by atoms with Gasteiger partial charge in [0.1, 0.15) is 0 Å². The summed E-state index contributed by atoms with van der Waals surface area (Å²) in [6, 6.07) is 3.75. The first kappa shape index (κ1) is 19.7. The van der Waals surface area contributed by atoms with Gasteiger partial charge in [0.05, 0.1) is 6.04 Å². The first-order valence-corrected chi connectivity index (χ1v) is 6.25. The standard InChI is InChI=1S/C12H16ClF2N3.2ClH/c13-8-1-2-10(16)9(7-8)11(12(14)15)18-5-3-17-4-6-18;;/h1-2,7,11-12,17H,3-6,16H2;2*1H/t11-;;/m0../s1. The summed E-state index contributed by atoms with van der Waals surface area (Å²) in [6.07, 6.45) is -2.48. The lowest BCUT2D eigenvalue weighted by molar-refractivity contribution is 0.0185. The lowest BCUT2D eigenvalue weighted by Crippen LogP contribution is -2.47. The van der Waals surface area contributed by atoms with Crippen LogP contribution in [0.3, 0.4) is 0 Å². The van der Waals surface area contributed by atoms with E-state index in [1.54, 1.807) is 17.0 Å². The van der Waals surface area contributed by atoms with Gasteiger partial charge in [-0.1, -0.05) is 11.6 Å². The number of nitrogens with two attached hydrogens (primary N) is 1. The maximum Gasteiger partial charge on any atom is 0.258 e. The minimum absolute atomic E-state index is 0. The molecule has 3 nitrogen and oxygen atoms in total. The van der Waals surface area contributed by atoms with E-state index in [2.05, 4.69) is 5.32 Å². The van der Waals surface area contributed by atoms with Crippen molar-refractivity contribution in [2.24, 2.45) is 0 Å². The van der Waals surface area contributed by atoms with E-state index in [9.17, 15) is 8.78 Å². The van der Waals surface area contributed by atoms with Crippen LogP contribution in [-0.2, 0) is 0 Å². The molecule has 1 aliphatic rings. The number of benzene rings is 1. The van der Waals surface area contributed by atoms with Crippen LogP contribution in [0, 0.1) is 0 Å². The molecule has 1 aliphatic heterocycles. The third-order valence-corrected chi connectivity index (χ3v) is 3.39. The first-order valence-electron chi connectivity index (χ1n) is 5.87. The Bertz CT molecular complexity index is 415. The van der Waals surface area contributed by atoms with Crippen molar-refractivity contribution in [3.8, 4) is 0 Å². The highest BCUT2D eigenvalue weighted by Gasteiger charge is 2.31. The van der Waals surface area contributed by atoms with Crippen molar-refractivity contribution in [3.63, 3.8) is 0 Å². The van der Waals surface area contributed by atoms with Crippen molar-refractivity contribution >= 4 is 42.1 Å². The average molecular weight is 349 g/mol. The minimum Gasteiger partial charge on any atom is -0.398 e. The molecule has 0 aromatic heterocycles. The number of nitrogens with one attached hydrogen (secondary N) is 1. The van der Waals surface area contributed by atoms with E-state index in [-0.39, 0.29) is 24.8 Å². The Hall–Kier alpha value is -0.330. The molecular formula is C12H18Cl3F2N3. The quantitative estimate of drug-likeness (QED) is 0.825. The van der Waals surface area contributed by atoms with Crippen LogP contribution >= 0.6 is 36.4 Å². The number of nitrogen functional groups attached to an aromatic ring is 1. The molecule has 3 N–H and O–H groups in total. The Morgan fingerprint density at radius 2 is 1.80 bits per heavy atom. The maximum absolute atomic E-state index is 13.3. The van der Waals surface area contributed by atoms with Crippen LogP contribution in [-0.4, -0.2) is 37.5 Å². The maximum atomic E-state index is 13.3. The second-order valence-corrected chi connectivity index (χ2v) is 4.77. The van der Waals surface area contributed by atoms with Gasteiger partial charge in [-0.05, 0) is 23.8 Å². The molecule has 116 valence electrons. The summed E-state index contributed by atoms with van der Waals surface area (Å²) in [7, 11) is 0. The Labute approximate surface area is 134 Å². The first-order chi connectivity index (χ1) is 8.59. The zero-order valence-electron chi connectivity index (χ0n) is 10.7. The number of anilines is 1. The van der Waals surface area contributed by atoms with E-state index in [0.717, 1.165) is 0 Å². The van der Waals surface area contributed by atoms with Crippen LogP contribution in [0.15, 0.2) is 18.2 Å². The Morgan fingerprint density at radius 3 is 2.35 bits per heavy atom. The summed E-state index contributed by atoms with van der Waals surface area (Å²) >= 11 is 5.87. The molecule has 8 heteroatoms. The molecule has 0 spiro atoms. The normalized spacial score (nSPS) is 17.2. The van der Waals surface area contributed by atoms with Gasteiger partial charge < -0.3 is 11.1 Å². The van der Waals surface area contributed by atoms with Crippen LogP contribution in [0.1, 0.15) is 11.6 Å². The molecule has 0 amide bonds. The lowest BCUT2D eigenvalue weighted by atomic mass is 10.0. The molecule has 0 saturated carbocycles. The number of halogens is 5. The molecule has 1 heterocycles. The van der Waals surface area contributed by atoms with Crippen molar-refractivity contribution in [1.82, 2.24) is 10.2 Å². The van der Waals surface area contributed by atoms with Crippen molar-refractivity contribution in [1.29, 1.82) is 0 Å². The molecule has 0 unspecified atom stereocenters. The van der Waals surface area contributed by atoms with Gasteiger partial charge in [-0.2, -0.15) is 0 Å². The smallest absolute Gasteiger partial charge is 0.258 e. The number of rotatable bonds is 3. The Kier molecular flexibility index (Phi) is 8.70. The molecule has 1 aromatic carbocycles. The third kappa shape index (κ3) is 4.60. The fourth-order valence-corrected chi connectivity index (χ4v) is 2.43. The largest absolute Gasteiger partial charge is 0.398 e. The monoisotopic (exact) mass is 347 g/mol. The van der Waals surface area contributed by atoms with Crippen LogP contribution in [0.25, 0.3) is 0 Å². The number of hydrogen-bond donors (Lipinski definition) is 2. The van der Waals surface area contributed by atoms with Crippen LogP contribution in [0.4, 0.5) is 14.5 Å². The average Bonchev–Trinajstić information content (AvgIpc) is 2.35. The molecule has 2 rings (SSSR count). The van der Waals surface area contributed by atoms with Crippen LogP contribution < -0.4 is 11.1 Å². The van der Waals surface area contributed by atoms with E-state index in [4.69, 9.17) is 17.3 Å². The van der Waals surface area contributed by atoms with Crippen LogP contribution in [0.5, 0.6) is 0 Å². The van der Waals surface area contributed by atoms with E-state index in [1.165, 1.54) is 6.07 Å². The highest BCUT2D eigenvalue weighted by atomic mass is 35.5. The summed E-state index contributed by atoms with van der Waals surface area (Å²) < 4.78 is 26.6. The van der Waals surface area contributed by atoms with E-state index < -0.39 is 12.5 Å². The van der Waals surface area contributed by atoms with Crippen molar-refractivity contribution < 1.29 is 8.78 Å². The summed E-state index contributed by atoms with van der Waals surface area (Å²) in [5, 5.41) is 3.57. The fourth-order valence-electron chi connectivity index (χ4n) is 2.25. The lowest BCUT2D eigenvalue weighted by Gasteiger charge is -2.35. The third-order valence-electron chi connectivity index (χ3n) is 3.15. The molecule has 0 radical (unpaired) electrons. The Balaban J connectivity index is 0.00000180. The van der Waals surface area contributed by atoms with Gasteiger partial charge in [0.2, 0.25) is 0 Å². The van der Waals surface area contributed by atoms with Gasteiger partial charge in [0.25, 0.3) is 6.43 Å². The highest BCUT2D eigenvalue weighted by Crippen LogP contribution is 2.33. The van der Waals surface area contributed by atoms with Gasteiger partial charge in [0, 0.05) is 36.9 Å². The zero-order valence-corrected chi connectivity index (χ0v) is 13.1. The molecule has 0 aliphatic carbocycles. The Morgan fingerprint density at radius 1 is 1.20 bits per heavy atom. The van der Waals surface area contributed by atoms with Gasteiger partial charge in [-0.3, -0.25) is 4.90 Å². The summed E-state index contributed by atoms with van der Waals surface area (Å²) in [5.41, 5.74) is 6.58. The van der Waals surface area contributed by atoms with Gasteiger partial charge >= 0.3 is 0 Å². The summed E-state index contributed by atoms with van der Waals surface area (Å²) in [6.45, 7) is 2.59. The molecule has 1 atom stereocenters. The fraction of sp³-hybridized carbons (Fsp3) is 0.500.